The van der Waals surface area contributed by atoms with E-state index in [4.69, 9.17) is 4.74 Å². The number of aryl methyl sites for hydroxylation is 1. The summed E-state index contributed by atoms with van der Waals surface area (Å²) in [5, 5.41) is 2.87. The van der Waals surface area contributed by atoms with Gasteiger partial charge < -0.3 is 14.6 Å². The number of fused-ring (bicyclic) bond motifs is 1. The molecule has 1 amide bonds. The van der Waals surface area contributed by atoms with Gasteiger partial charge >= 0.3 is 0 Å². The van der Waals surface area contributed by atoms with Crippen molar-refractivity contribution in [3.63, 3.8) is 0 Å². The summed E-state index contributed by atoms with van der Waals surface area (Å²) >= 11 is 0. The van der Waals surface area contributed by atoms with Crippen molar-refractivity contribution in [2.24, 2.45) is 0 Å². The minimum absolute atomic E-state index is 0.0215. The molecule has 0 bridgehead atoms. The molecule has 0 saturated heterocycles. The third-order valence-corrected chi connectivity index (χ3v) is 4.35. The molecule has 1 aromatic carbocycles. The van der Waals surface area contributed by atoms with Crippen molar-refractivity contribution in [2.45, 2.75) is 19.9 Å². The van der Waals surface area contributed by atoms with E-state index in [1.807, 2.05) is 19.1 Å². The number of halogens is 1. The van der Waals surface area contributed by atoms with E-state index in [9.17, 15) is 14.0 Å². The van der Waals surface area contributed by atoms with E-state index in [1.165, 1.54) is 19.4 Å². The van der Waals surface area contributed by atoms with Crippen molar-refractivity contribution >= 4 is 16.8 Å². The Kier molecular flexibility index (Phi) is 5.49. The van der Waals surface area contributed by atoms with Gasteiger partial charge in [-0.3, -0.25) is 14.6 Å². The van der Waals surface area contributed by atoms with Gasteiger partial charge in [0.15, 0.2) is 0 Å². The Balaban J connectivity index is 1.93. The van der Waals surface area contributed by atoms with Gasteiger partial charge in [0.05, 0.1) is 18.0 Å². The number of amides is 1. The summed E-state index contributed by atoms with van der Waals surface area (Å²) in [7, 11) is 1.42. The van der Waals surface area contributed by atoms with E-state index in [0.717, 1.165) is 11.6 Å². The molecule has 3 rings (SSSR count). The van der Waals surface area contributed by atoms with Gasteiger partial charge in [-0.1, -0.05) is 0 Å². The number of carbonyl (C=O) groups excluding carboxylic acids is 1. The monoisotopic (exact) mass is 369 g/mol. The Labute approximate surface area is 155 Å². The van der Waals surface area contributed by atoms with Crippen LogP contribution in [0.25, 0.3) is 10.9 Å². The lowest BCUT2D eigenvalue weighted by molar-refractivity contribution is 0.0952. The molecule has 0 aliphatic carbocycles. The predicted octanol–water partition coefficient (Wildman–Crippen LogP) is 2.54. The lowest BCUT2D eigenvalue weighted by Gasteiger charge is -2.14. The van der Waals surface area contributed by atoms with Crippen LogP contribution in [0.3, 0.4) is 0 Å². The zero-order valence-electron chi connectivity index (χ0n) is 15.2. The molecule has 0 fully saturated rings. The van der Waals surface area contributed by atoms with Gasteiger partial charge in [0, 0.05) is 37.7 Å². The highest BCUT2D eigenvalue weighted by Gasteiger charge is 2.18. The van der Waals surface area contributed by atoms with E-state index >= 15 is 0 Å². The fourth-order valence-corrected chi connectivity index (χ4v) is 3.00. The summed E-state index contributed by atoms with van der Waals surface area (Å²) in [6.45, 7) is 2.74. The predicted molar refractivity (Wildman–Crippen MR) is 101 cm³/mol. The molecule has 0 spiro atoms. The van der Waals surface area contributed by atoms with Crippen LogP contribution in [0.2, 0.25) is 0 Å². The average Bonchev–Trinajstić information content (AvgIpc) is 2.68. The molecule has 3 aromatic rings. The van der Waals surface area contributed by atoms with Crippen molar-refractivity contribution < 1.29 is 13.9 Å². The van der Waals surface area contributed by atoms with E-state index in [-0.39, 0.29) is 16.7 Å². The fraction of sp³-hybridized carbons (Fsp3) is 0.250. The van der Waals surface area contributed by atoms with E-state index in [1.54, 1.807) is 17.0 Å². The average molecular weight is 369 g/mol. The Morgan fingerprint density at radius 1 is 1.30 bits per heavy atom. The maximum Gasteiger partial charge on any atom is 0.256 e. The van der Waals surface area contributed by atoms with Crippen LogP contribution >= 0.6 is 0 Å². The van der Waals surface area contributed by atoms with Crippen LogP contribution < -0.4 is 15.5 Å². The number of aromatic nitrogens is 2. The number of carbonyl (C=O) groups is 1. The summed E-state index contributed by atoms with van der Waals surface area (Å²) < 4.78 is 20.8. The van der Waals surface area contributed by atoms with Crippen LogP contribution in [-0.4, -0.2) is 29.1 Å². The lowest BCUT2D eigenvalue weighted by atomic mass is 10.1. The standard InChI is InChI=1S/C20H20FN3O3/c1-3-24-12-16(20(26)23-9-6-13-4-7-22-8-5-13)19(25)15-10-14(21)11-17(27-2)18(15)24/h4-5,7-8,10-12H,3,6,9H2,1-2H3,(H,23,26). The lowest BCUT2D eigenvalue weighted by Crippen LogP contribution is -2.31. The highest BCUT2D eigenvalue weighted by atomic mass is 19.1. The highest BCUT2D eigenvalue weighted by molar-refractivity contribution is 5.98. The molecule has 6 nitrogen and oxygen atoms in total. The molecule has 0 atom stereocenters. The van der Waals surface area contributed by atoms with Gasteiger partial charge in [0.2, 0.25) is 5.43 Å². The van der Waals surface area contributed by atoms with E-state index in [2.05, 4.69) is 10.3 Å². The molecule has 0 unspecified atom stereocenters. The smallest absolute Gasteiger partial charge is 0.256 e. The van der Waals surface area contributed by atoms with Gasteiger partial charge in [-0.05, 0) is 37.1 Å². The van der Waals surface area contributed by atoms with E-state index in [0.29, 0.717) is 25.0 Å². The normalized spacial score (nSPS) is 10.8. The molecular weight excluding hydrogens is 349 g/mol. The summed E-state index contributed by atoms with van der Waals surface area (Å²) in [5.74, 6) is -0.815. The molecule has 140 valence electrons. The Morgan fingerprint density at radius 2 is 2.04 bits per heavy atom. The van der Waals surface area contributed by atoms with Crippen LogP contribution in [-0.2, 0) is 13.0 Å². The van der Waals surface area contributed by atoms with Gasteiger partial charge in [0.1, 0.15) is 17.1 Å². The second-order valence-corrected chi connectivity index (χ2v) is 6.02. The Bertz CT molecular complexity index is 1030. The molecule has 7 heteroatoms. The number of pyridine rings is 2. The van der Waals surface area contributed by atoms with Gasteiger partial charge in [0.25, 0.3) is 5.91 Å². The van der Waals surface area contributed by atoms with Crippen LogP contribution in [0.15, 0.2) is 47.7 Å². The fourth-order valence-electron chi connectivity index (χ4n) is 3.00. The number of methoxy groups -OCH3 is 1. The van der Waals surface area contributed by atoms with Crippen LogP contribution in [0.4, 0.5) is 4.39 Å². The number of nitrogens with zero attached hydrogens (tertiary/aromatic N) is 2. The topological polar surface area (TPSA) is 73.2 Å². The SMILES string of the molecule is CCn1cc(C(=O)NCCc2ccncc2)c(=O)c2cc(F)cc(OC)c21. The number of hydrogen-bond donors (Lipinski definition) is 1. The summed E-state index contributed by atoms with van der Waals surface area (Å²) in [4.78, 5) is 29.3. The van der Waals surface area contributed by atoms with Crippen molar-refractivity contribution in [3.05, 3.63) is 70.0 Å². The first-order valence-corrected chi connectivity index (χ1v) is 8.63. The third-order valence-electron chi connectivity index (χ3n) is 4.35. The number of ether oxygens (including phenoxy) is 1. The summed E-state index contributed by atoms with van der Waals surface area (Å²) in [5.41, 5.74) is 0.960. The first-order valence-electron chi connectivity index (χ1n) is 8.63. The van der Waals surface area contributed by atoms with Crippen LogP contribution in [0, 0.1) is 5.82 Å². The molecule has 0 aliphatic rings. The highest BCUT2D eigenvalue weighted by Crippen LogP contribution is 2.25. The number of benzene rings is 1. The maximum atomic E-state index is 13.9. The quantitative estimate of drug-likeness (QED) is 0.725. The van der Waals surface area contributed by atoms with Crippen molar-refractivity contribution in [3.8, 4) is 5.75 Å². The maximum absolute atomic E-state index is 13.9. The first kappa shape index (κ1) is 18.6. The molecule has 27 heavy (non-hydrogen) atoms. The zero-order chi connectivity index (χ0) is 19.4. The van der Waals surface area contributed by atoms with E-state index < -0.39 is 17.2 Å². The van der Waals surface area contributed by atoms with Crippen LogP contribution in [0.5, 0.6) is 5.75 Å². The van der Waals surface area contributed by atoms with Gasteiger partial charge in [-0.25, -0.2) is 4.39 Å². The number of nitrogens with one attached hydrogen (secondary N) is 1. The van der Waals surface area contributed by atoms with Gasteiger partial charge in [-0.15, -0.1) is 0 Å². The zero-order valence-corrected chi connectivity index (χ0v) is 15.2. The molecule has 0 radical (unpaired) electrons. The minimum Gasteiger partial charge on any atom is -0.494 e. The molecule has 2 heterocycles. The molecule has 0 aliphatic heterocycles. The van der Waals surface area contributed by atoms with Crippen molar-refractivity contribution in [2.75, 3.05) is 13.7 Å². The van der Waals surface area contributed by atoms with Gasteiger partial charge in [-0.2, -0.15) is 0 Å². The third kappa shape index (κ3) is 3.81. The molecule has 0 saturated carbocycles. The largest absolute Gasteiger partial charge is 0.494 e. The summed E-state index contributed by atoms with van der Waals surface area (Å²) in [6, 6.07) is 6.09. The molecular formula is C20H20FN3O3. The minimum atomic E-state index is -0.589. The second-order valence-electron chi connectivity index (χ2n) is 6.02. The number of rotatable bonds is 6. The summed E-state index contributed by atoms with van der Waals surface area (Å²) in [6.07, 6.45) is 5.48. The molecule has 2 aromatic heterocycles. The Morgan fingerprint density at radius 3 is 2.70 bits per heavy atom. The Hall–Kier alpha value is -3.22. The van der Waals surface area contributed by atoms with Crippen molar-refractivity contribution in [1.82, 2.24) is 14.9 Å². The number of hydrogen-bond acceptors (Lipinski definition) is 4. The van der Waals surface area contributed by atoms with Crippen molar-refractivity contribution in [1.29, 1.82) is 0 Å². The first-order chi connectivity index (χ1) is 13.0. The second kappa shape index (κ2) is 7.99. The molecule has 1 N–H and O–H groups in total. The van der Waals surface area contributed by atoms with Crippen LogP contribution in [0.1, 0.15) is 22.8 Å².